The molecule has 1 unspecified atom stereocenters. The molecule has 28 heavy (non-hydrogen) atoms. The maximum atomic E-state index is 5.76. The van der Waals surface area contributed by atoms with Crippen molar-refractivity contribution in [2.45, 2.75) is 13.0 Å². The van der Waals surface area contributed by atoms with Crippen LogP contribution in [0.2, 0.25) is 0 Å². The quantitative estimate of drug-likeness (QED) is 0.585. The molecule has 0 radical (unpaired) electrons. The maximum absolute atomic E-state index is 5.76. The van der Waals surface area contributed by atoms with E-state index in [1.54, 1.807) is 14.2 Å². The Bertz CT molecular complexity index is 762. The van der Waals surface area contributed by atoms with Gasteiger partial charge in [-0.05, 0) is 36.2 Å². The Morgan fingerprint density at radius 3 is 2.61 bits per heavy atom. The summed E-state index contributed by atoms with van der Waals surface area (Å²) in [4.78, 5) is 11.1. The summed E-state index contributed by atoms with van der Waals surface area (Å²) in [6.07, 6.45) is 2.95. The first kappa shape index (κ1) is 19.9. The molecule has 0 bridgehead atoms. The lowest BCUT2D eigenvalue weighted by atomic mass is 10.1. The van der Waals surface area contributed by atoms with Gasteiger partial charge in [0.25, 0.3) is 0 Å². The number of ether oxygens (including phenoxy) is 3. The third-order valence-corrected chi connectivity index (χ3v) is 4.73. The molecule has 1 atom stereocenters. The number of benzene rings is 1. The van der Waals surface area contributed by atoms with E-state index in [9.17, 15) is 0 Å². The van der Waals surface area contributed by atoms with Crippen LogP contribution >= 0.6 is 0 Å². The van der Waals surface area contributed by atoms with E-state index < -0.39 is 0 Å². The lowest BCUT2D eigenvalue weighted by molar-refractivity contribution is 0.157. The predicted octanol–water partition coefficient (Wildman–Crippen LogP) is 2.93. The van der Waals surface area contributed by atoms with Crippen molar-refractivity contribution in [2.75, 3.05) is 41.0 Å². The van der Waals surface area contributed by atoms with Crippen molar-refractivity contribution in [2.24, 2.45) is 10.9 Å². The van der Waals surface area contributed by atoms with Gasteiger partial charge in [0.05, 0.1) is 13.7 Å². The van der Waals surface area contributed by atoms with Gasteiger partial charge in [0, 0.05) is 52.0 Å². The van der Waals surface area contributed by atoms with Crippen LogP contribution in [-0.4, -0.2) is 56.8 Å². The van der Waals surface area contributed by atoms with Crippen LogP contribution in [0.5, 0.6) is 17.4 Å². The highest BCUT2D eigenvalue weighted by Crippen LogP contribution is 2.22. The molecule has 2 aromatic rings. The molecule has 0 saturated carbocycles. The molecule has 0 aliphatic carbocycles. The van der Waals surface area contributed by atoms with Gasteiger partial charge in [-0.2, -0.15) is 0 Å². The summed E-state index contributed by atoms with van der Waals surface area (Å²) in [6, 6.07) is 11.3. The smallest absolute Gasteiger partial charge is 0.219 e. The van der Waals surface area contributed by atoms with Crippen molar-refractivity contribution in [3.8, 4) is 17.4 Å². The first-order valence-electron chi connectivity index (χ1n) is 9.43. The fourth-order valence-electron chi connectivity index (χ4n) is 3.25. The van der Waals surface area contributed by atoms with E-state index in [1.807, 2.05) is 49.6 Å². The summed E-state index contributed by atoms with van der Waals surface area (Å²) in [5.74, 6) is 3.55. The molecule has 1 aliphatic rings. The summed E-state index contributed by atoms with van der Waals surface area (Å²) >= 11 is 0. The zero-order chi connectivity index (χ0) is 19.8. The molecule has 1 N–H and O–H groups in total. The number of nitrogens with one attached hydrogen (secondary N) is 1. The molecule has 7 heteroatoms. The second-order valence-corrected chi connectivity index (χ2v) is 6.74. The van der Waals surface area contributed by atoms with Gasteiger partial charge in [-0.3, -0.25) is 4.99 Å². The lowest BCUT2D eigenvalue weighted by Crippen LogP contribution is -2.39. The summed E-state index contributed by atoms with van der Waals surface area (Å²) in [6.45, 7) is 3.43. The molecule has 2 heterocycles. The number of hydrogen-bond acceptors (Lipinski definition) is 5. The number of pyridine rings is 1. The maximum Gasteiger partial charge on any atom is 0.219 e. The molecule has 0 spiro atoms. The van der Waals surface area contributed by atoms with Crippen LogP contribution in [0.3, 0.4) is 0 Å². The van der Waals surface area contributed by atoms with E-state index in [0.29, 0.717) is 18.3 Å². The highest BCUT2D eigenvalue weighted by Gasteiger charge is 2.24. The van der Waals surface area contributed by atoms with Gasteiger partial charge in [0.1, 0.15) is 11.5 Å². The minimum atomic E-state index is 0.556. The summed E-state index contributed by atoms with van der Waals surface area (Å²) in [5.41, 5.74) is 1.07. The van der Waals surface area contributed by atoms with E-state index >= 15 is 0 Å². The normalized spacial score (nSPS) is 16.9. The Labute approximate surface area is 166 Å². The number of likely N-dealkylation sites (tertiary alicyclic amines) is 1. The standard InChI is InChI=1S/C21H28N4O3/c1-22-21(25-11-10-17(14-25)15-26-2)24-13-16-4-9-20(23-12-16)28-19-7-5-18(27-3)6-8-19/h4-9,12,17H,10-11,13-15H2,1-3H3,(H,22,24). The zero-order valence-electron chi connectivity index (χ0n) is 16.7. The minimum Gasteiger partial charge on any atom is -0.497 e. The van der Waals surface area contributed by atoms with Crippen LogP contribution in [0.4, 0.5) is 0 Å². The first-order valence-corrected chi connectivity index (χ1v) is 9.43. The van der Waals surface area contributed by atoms with E-state index in [0.717, 1.165) is 49.1 Å². The minimum absolute atomic E-state index is 0.556. The number of aromatic nitrogens is 1. The second-order valence-electron chi connectivity index (χ2n) is 6.74. The average Bonchev–Trinajstić information content (AvgIpc) is 3.19. The Morgan fingerprint density at radius 1 is 1.18 bits per heavy atom. The Hall–Kier alpha value is -2.80. The average molecular weight is 384 g/mol. The Kier molecular flexibility index (Phi) is 7.08. The molecule has 1 fully saturated rings. The number of aliphatic imine (C=N–C) groups is 1. The Morgan fingerprint density at radius 2 is 1.96 bits per heavy atom. The lowest BCUT2D eigenvalue weighted by Gasteiger charge is -2.21. The van der Waals surface area contributed by atoms with E-state index in [4.69, 9.17) is 14.2 Å². The van der Waals surface area contributed by atoms with Crippen LogP contribution in [0, 0.1) is 5.92 Å². The van der Waals surface area contributed by atoms with Crippen LogP contribution in [0.25, 0.3) is 0 Å². The van der Waals surface area contributed by atoms with Gasteiger partial charge in [-0.15, -0.1) is 0 Å². The fourth-order valence-corrected chi connectivity index (χ4v) is 3.25. The van der Waals surface area contributed by atoms with Crippen molar-refractivity contribution in [1.29, 1.82) is 0 Å². The van der Waals surface area contributed by atoms with Crippen LogP contribution in [-0.2, 0) is 11.3 Å². The largest absolute Gasteiger partial charge is 0.497 e. The first-order chi connectivity index (χ1) is 13.7. The summed E-state index contributed by atoms with van der Waals surface area (Å²) < 4.78 is 16.2. The van der Waals surface area contributed by atoms with Crippen molar-refractivity contribution in [3.63, 3.8) is 0 Å². The molecule has 1 saturated heterocycles. The van der Waals surface area contributed by atoms with Gasteiger partial charge in [-0.25, -0.2) is 4.98 Å². The van der Waals surface area contributed by atoms with Crippen molar-refractivity contribution in [1.82, 2.24) is 15.2 Å². The molecule has 7 nitrogen and oxygen atoms in total. The highest BCUT2D eigenvalue weighted by atomic mass is 16.5. The van der Waals surface area contributed by atoms with Gasteiger partial charge in [0.15, 0.2) is 5.96 Å². The van der Waals surface area contributed by atoms with Crippen molar-refractivity contribution >= 4 is 5.96 Å². The molecule has 3 rings (SSSR count). The second kappa shape index (κ2) is 9.94. The third-order valence-electron chi connectivity index (χ3n) is 4.73. The number of guanidine groups is 1. The van der Waals surface area contributed by atoms with E-state index in [1.165, 1.54) is 0 Å². The number of rotatable bonds is 7. The van der Waals surface area contributed by atoms with Crippen LogP contribution in [0.1, 0.15) is 12.0 Å². The van der Waals surface area contributed by atoms with Crippen molar-refractivity contribution < 1.29 is 14.2 Å². The number of methoxy groups -OCH3 is 2. The molecule has 1 aromatic heterocycles. The number of nitrogens with zero attached hydrogens (tertiary/aromatic N) is 3. The van der Waals surface area contributed by atoms with E-state index in [-0.39, 0.29) is 0 Å². The monoisotopic (exact) mass is 384 g/mol. The molecular weight excluding hydrogens is 356 g/mol. The topological polar surface area (TPSA) is 68.2 Å². The predicted molar refractivity (Wildman–Crippen MR) is 109 cm³/mol. The summed E-state index contributed by atoms with van der Waals surface area (Å²) in [5, 5.41) is 3.41. The SMILES string of the molecule is CN=C(NCc1ccc(Oc2ccc(OC)cc2)nc1)N1CCC(COC)C1. The van der Waals surface area contributed by atoms with Crippen LogP contribution in [0.15, 0.2) is 47.6 Å². The van der Waals surface area contributed by atoms with Gasteiger partial charge >= 0.3 is 0 Å². The van der Waals surface area contributed by atoms with Gasteiger partial charge in [-0.1, -0.05) is 6.07 Å². The van der Waals surface area contributed by atoms with Crippen LogP contribution < -0.4 is 14.8 Å². The molecule has 0 amide bonds. The summed E-state index contributed by atoms with van der Waals surface area (Å²) in [7, 11) is 5.21. The molecule has 150 valence electrons. The highest BCUT2D eigenvalue weighted by molar-refractivity contribution is 5.80. The van der Waals surface area contributed by atoms with Gasteiger partial charge < -0.3 is 24.4 Å². The molecule has 1 aliphatic heterocycles. The fraction of sp³-hybridized carbons (Fsp3) is 0.429. The number of hydrogen-bond donors (Lipinski definition) is 1. The van der Waals surface area contributed by atoms with Gasteiger partial charge in [0.2, 0.25) is 5.88 Å². The van der Waals surface area contributed by atoms with E-state index in [2.05, 4.69) is 20.2 Å². The third kappa shape index (κ3) is 5.36. The molecule has 1 aromatic carbocycles. The van der Waals surface area contributed by atoms with Crippen molar-refractivity contribution in [3.05, 3.63) is 48.2 Å². The Balaban J connectivity index is 1.50. The zero-order valence-corrected chi connectivity index (χ0v) is 16.7. The molecular formula is C21H28N4O3.